The molecule has 3 aromatic heterocycles. The third-order valence-electron chi connectivity index (χ3n) is 11.8. The van der Waals surface area contributed by atoms with Crippen molar-refractivity contribution in [2.75, 3.05) is 21.3 Å². The Hall–Kier alpha value is -8.12. The summed E-state index contributed by atoms with van der Waals surface area (Å²) in [5, 5.41) is 1.51. The van der Waals surface area contributed by atoms with Gasteiger partial charge in [0.25, 0.3) is 0 Å². The molecule has 9 aromatic rings. The number of esters is 3. The Morgan fingerprint density at radius 2 is 0.892 bits per heavy atom. The fourth-order valence-electron chi connectivity index (χ4n) is 8.36. The van der Waals surface area contributed by atoms with Crippen molar-refractivity contribution in [2.45, 2.75) is 24.5 Å². The summed E-state index contributed by atoms with van der Waals surface area (Å²) in [5.74, 6) is 0.114. The third kappa shape index (κ3) is 9.29. The van der Waals surface area contributed by atoms with Gasteiger partial charge in [0.05, 0.1) is 61.3 Å². The number of methoxy groups -OCH3 is 3. The molecule has 8 bridgehead atoms. The van der Waals surface area contributed by atoms with E-state index in [0.29, 0.717) is 84.0 Å². The molecule has 11 rings (SSSR count). The van der Waals surface area contributed by atoms with Crippen LogP contribution in [0.3, 0.4) is 0 Å². The zero-order valence-electron chi connectivity index (χ0n) is 39.2. The Labute approximate surface area is 446 Å². The largest absolute Gasteiger partial charge is 2.00 e. The van der Waals surface area contributed by atoms with E-state index in [9.17, 15) is 14.4 Å². The van der Waals surface area contributed by atoms with Gasteiger partial charge in [-0.05, 0) is 101 Å². The van der Waals surface area contributed by atoms with Crippen LogP contribution in [-0.2, 0) is 31.3 Å². The van der Waals surface area contributed by atoms with Crippen LogP contribution in [0.25, 0.3) is 89.9 Å². The summed E-state index contributed by atoms with van der Waals surface area (Å²) in [6.07, 6.45) is 1.67. The molecular weight excluding hydrogens is 1040 g/mol. The summed E-state index contributed by atoms with van der Waals surface area (Å²) in [7, 11) is 4.04. The van der Waals surface area contributed by atoms with Gasteiger partial charge < -0.3 is 44.1 Å². The number of hydrogen-bond acceptors (Lipinski definition) is 15. The number of hydrogen-bond donors (Lipinski definition) is 0. The number of thioether (sulfide) groups is 1. The maximum Gasteiger partial charge on any atom is 2.00 e. The van der Waals surface area contributed by atoms with Crippen molar-refractivity contribution in [1.82, 2.24) is 39.9 Å². The monoisotopic (exact) mass is 1080 g/mol. The summed E-state index contributed by atoms with van der Waals surface area (Å²) >= 11 is 4.33. The molecule has 2 aliphatic heterocycles. The molecule has 0 atom stereocenters. The quantitative estimate of drug-likeness (QED) is 0.0515. The molecule has 5 heterocycles. The molecule has 0 N–H and O–H groups in total. The van der Waals surface area contributed by atoms with Gasteiger partial charge in [-0.15, -0.1) is 0 Å². The fourth-order valence-corrected chi connectivity index (χ4v) is 11.2. The predicted molar refractivity (Wildman–Crippen MR) is 283 cm³/mol. The van der Waals surface area contributed by atoms with E-state index in [1.54, 1.807) is 42.5 Å². The number of aromatic nitrogens is 8. The predicted octanol–water partition coefficient (Wildman–Crippen LogP) is 12.0. The number of carbonyl (C=O) groups is 3. The van der Waals surface area contributed by atoms with Crippen LogP contribution in [0, 0.1) is 0 Å². The summed E-state index contributed by atoms with van der Waals surface area (Å²) in [6.45, 7) is 8.78. The van der Waals surface area contributed by atoms with Crippen molar-refractivity contribution in [3.8, 4) is 45.6 Å². The Balaban J connectivity index is 0.00000626. The van der Waals surface area contributed by atoms with Crippen LogP contribution >= 0.6 is 35.3 Å². The van der Waals surface area contributed by atoms with Crippen LogP contribution in [-0.4, -0.2) is 69.1 Å². The molecule has 0 saturated heterocycles. The maximum absolute atomic E-state index is 12.3. The first-order chi connectivity index (χ1) is 35.6. The molecule has 0 spiro atoms. The standard InChI is InChI=1S/C56H36N8O6S3.Cu/c1-6-36-43(29(2)71-33-23-17-30(18-24-33)54(65)68-3)51-59-46(36)60-52-44-39(13-9-15-41(44)72-34-25-19-31(20-26-34)55(66)69-4)49(63-52)58-47-37-11-7-8-12-38(37)48(57-47)61-53-45-40(50(62-51)64-53)14-10-16-42(45)73-35-27-21-32(22-28-35)56(67)70-5;/h6-28H,1-2H2,3-5H3;/q-2;+2. The molecule has 0 saturated carbocycles. The number of fused-ring (bicyclic) bond motifs is 17. The molecule has 1 radical (unpaired) electrons. The third-order valence-corrected chi connectivity index (χ3v) is 14.9. The SMILES string of the molecule is C=Cc1c(C(=C)Sc2ccc(C(=O)OC)cc2)c2nc3nc(nc4[n-]c(nc5nc(nc1[n-]2)-c1c(Sc2ccc(C(=O)OC)cc2)cccc1-5)c1ccccc41)-c1c(Sc2ccc(C(=O)OC)cc2)cccc1-3.[Cu+2]. The van der Waals surface area contributed by atoms with Gasteiger partial charge in [-0.25, -0.2) is 24.4 Å². The topological polar surface area (TPSA) is 184 Å². The van der Waals surface area contributed by atoms with E-state index < -0.39 is 17.9 Å². The summed E-state index contributed by atoms with van der Waals surface area (Å²) < 4.78 is 14.8. The van der Waals surface area contributed by atoms with Crippen LogP contribution < -0.4 is 9.97 Å². The van der Waals surface area contributed by atoms with E-state index in [1.807, 2.05) is 97.1 Å². The summed E-state index contributed by atoms with van der Waals surface area (Å²) in [6, 6.07) is 40.8. The van der Waals surface area contributed by atoms with Gasteiger partial charge in [0.2, 0.25) is 0 Å². The van der Waals surface area contributed by atoms with E-state index in [-0.39, 0.29) is 28.4 Å². The number of rotatable bonds is 11. The van der Waals surface area contributed by atoms with Crippen molar-refractivity contribution in [3.63, 3.8) is 0 Å². The summed E-state index contributed by atoms with van der Waals surface area (Å²) in [5.41, 5.74) is 6.55. The van der Waals surface area contributed by atoms with Gasteiger partial charge >= 0.3 is 35.0 Å². The zero-order chi connectivity index (χ0) is 50.3. The van der Waals surface area contributed by atoms with Gasteiger partial charge in [-0.2, -0.15) is 0 Å². The second-order valence-electron chi connectivity index (χ2n) is 16.2. The molecule has 74 heavy (non-hydrogen) atoms. The Morgan fingerprint density at radius 1 is 0.486 bits per heavy atom. The Bertz CT molecular complexity index is 3960. The van der Waals surface area contributed by atoms with E-state index in [1.165, 1.54) is 56.6 Å². The van der Waals surface area contributed by atoms with Crippen molar-refractivity contribution < 1.29 is 45.7 Å². The van der Waals surface area contributed by atoms with E-state index in [0.717, 1.165) is 40.8 Å². The first kappa shape index (κ1) is 49.5. The number of ether oxygens (including phenoxy) is 3. The first-order valence-corrected chi connectivity index (χ1v) is 24.8. The molecule has 0 aliphatic carbocycles. The van der Waals surface area contributed by atoms with E-state index in [4.69, 9.17) is 54.1 Å². The van der Waals surface area contributed by atoms with Crippen LogP contribution in [0.4, 0.5) is 0 Å². The molecule has 14 nitrogen and oxygen atoms in total. The second-order valence-corrected chi connectivity index (χ2v) is 19.6. The van der Waals surface area contributed by atoms with Gasteiger partial charge in [0.1, 0.15) is 0 Å². The molecular formula is C56H36CuN8O6S3. The minimum atomic E-state index is -0.448. The smallest absolute Gasteiger partial charge is 0.465 e. The molecule has 18 heteroatoms. The molecule has 2 aliphatic rings. The van der Waals surface area contributed by atoms with Crippen LogP contribution in [0.5, 0.6) is 0 Å². The van der Waals surface area contributed by atoms with Gasteiger partial charge in [-0.1, -0.05) is 103 Å². The minimum absolute atomic E-state index is 0. The number of nitrogens with zero attached hydrogens (tertiary/aromatic N) is 8. The average molecular weight is 1080 g/mol. The maximum atomic E-state index is 12.3. The van der Waals surface area contributed by atoms with Crippen molar-refractivity contribution in [3.05, 3.63) is 174 Å². The number of benzene rings is 6. The zero-order valence-corrected chi connectivity index (χ0v) is 42.6. The van der Waals surface area contributed by atoms with Gasteiger partial charge in [0.15, 0.2) is 0 Å². The second kappa shape index (κ2) is 20.8. The van der Waals surface area contributed by atoms with Crippen molar-refractivity contribution in [2.24, 2.45) is 0 Å². The normalized spacial score (nSPS) is 11.2. The summed E-state index contributed by atoms with van der Waals surface area (Å²) in [4.78, 5) is 83.0. The van der Waals surface area contributed by atoms with E-state index in [2.05, 4.69) is 13.2 Å². The first-order valence-electron chi connectivity index (χ1n) is 22.3. The van der Waals surface area contributed by atoms with Crippen LogP contribution in [0.15, 0.2) is 171 Å². The average Bonchev–Trinajstić information content (AvgIpc) is 4.17. The van der Waals surface area contributed by atoms with Crippen LogP contribution in [0.2, 0.25) is 0 Å². The Morgan fingerprint density at radius 3 is 1.34 bits per heavy atom. The minimum Gasteiger partial charge on any atom is -0.465 e. The van der Waals surface area contributed by atoms with Crippen LogP contribution in [0.1, 0.15) is 42.2 Å². The van der Waals surface area contributed by atoms with Crippen molar-refractivity contribution >= 4 is 97.5 Å². The fraction of sp³-hybridized carbons (Fsp3) is 0.0536. The number of carbonyl (C=O) groups excluding carboxylic acids is 3. The molecule has 6 aromatic carbocycles. The van der Waals surface area contributed by atoms with Crippen molar-refractivity contribution in [1.29, 1.82) is 0 Å². The van der Waals surface area contributed by atoms with Gasteiger partial charge in [0, 0.05) is 79.8 Å². The molecule has 0 unspecified atom stereocenters. The molecule has 0 amide bonds. The Kier molecular flexibility index (Phi) is 13.9. The van der Waals surface area contributed by atoms with Gasteiger partial charge in [-0.3, -0.25) is 0 Å². The molecule has 0 fully saturated rings. The molecule has 365 valence electrons. The van der Waals surface area contributed by atoms with E-state index >= 15 is 0 Å².